The lowest BCUT2D eigenvalue weighted by atomic mass is 9.94. The predicted molar refractivity (Wildman–Crippen MR) is 83.4 cm³/mol. The maximum Gasteiger partial charge on any atom is 0.342 e. The Morgan fingerprint density at radius 2 is 2.32 bits per heavy atom. The van der Waals surface area contributed by atoms with Crippen molar-refractivity contribution in [2.75, 3.05) is 7.11 Å². The molecule has 1 aliphatic heterocycles. The van der Waals surface area contributed by atoms with E-state index in [9.17, 15) is 9.90 Å². The Kier molecular flexibility index (Phi) is 3.62. The molecule has 1 unspecified atom stereocenters. The molecule has 2 N–H and O–H groups in total. The molecule has 1 atom stereocenters. The van der Waals surface area contributed by atoms with E-state index in [0.29, 0.717) is 5.02 Å². The maximum atomic E-state index is 11.5. The van der Waals surface area contributed by atoms with E-state index < -0.39 is 5.97 Å². The second kappa shape index (κ2) is 5.46. The van der Waals surface area contributed by atoms with Crippen LogP contribution in [0.2, 0.25) is 5.02 Å². The minimum Gasteiger partial charge on any atom is -0.511 e. The first-order valence-electron chi connectivity index (χ1n) is 6.68. The lowest BCUT2D eigenvalue weighted by Gasteiger charge is -2.20. The number of rotatable bonds is 2. The van der Waals surface area contributed by atoms with Gasteiger partial charge >= 0.3 is 5.97 Å². The Bertz CT molecular complexity index is 823. The summed E-state index contributed by atoms with van der Waals surface area (Å²) in [6.45, 7) is 1.90. The third kappa shape index (κ3) is 2.25. The average Bonchev–Trinajstić information content (AvgIpc) is 2.95. The Hall–Kier alpha value is -2.34. The van der Waals surface area contributed by atoms with Crippen LogP contribution in [0.1, 0.15) is 23.6 Å². The van der Waals surface area contributed by atoms with Crippen molar-refractivity contribution in [1.82, 2.24) is 10.2 Å². The Morgan fingerprint density at radius 1 is 1.55 bits per heavy atom. The summed E-state index contributed by atoms with van der Waals surface area (Å²) in [7, 11) is 1.26. The molecule has 1 aliphatic rings. The second-order valence-corrected chi connectivity index (χ2v) is 5.48. The molecule has 0 saturated heterocycles. The topological polar surface area (TPSA) is 87.6 Å². The van der Waals surface area contributed by atoms with Crippen LogP contribution < -0.4 is 0 Å². The zero-order valence-electron chi connectivity index (χ0n) is 12.1. The van der Waals surface area contributed by atoms with Crippen LogP contribution in [0, 0.1) is 6.92 Å². The number of halogens is 1. The normalized spacial score (nSPS) is 18.0. The second-order valence-electron chi connectivity index (χ2n) is 5.10. The van der Waals surface area contributed by atoms with E-state index in [1.165, 1.54) is 13.3 Å². The number of aliphatic hydroxyl groups excluding tert-OH is 1. The van der Waals surface area contributed by atoms with Gasteiger partial charge in [0.1, 0.15) is 11.3 Å². The number of aryl methyl sites for hydroxylation is 1. The maximum absolute atomic E-state index is 11.5. The number of aromatic nitrogens is 2. The number of esters is 1. The van der Waals surface area contributed by atoms with Crippen LogP contribution in [0.15, 0.2) is 28.6 Å². The van der Waals surface area contributed by atoms with Crippen LogP contribution in [0.4, 0.5) is 0 Å². The van der Waals surface area contributed by atoms with Crippen LogP contribution in [-0.2, 0) is 9.53 Å². The molecule has 2 heterocycles. The van der Waals surface area contributed by atoms with Gasteiger partial charge in [-0.1, -0.05) is 11.6 Å². The summed E-state index contributed by atoms with van der Waals surface area (Å²) in [6, 6.07) is 1.54. The van der Waals surface area contributed by atoms with Gasteiger partial charge in [-0.05, 0) is 18.6 Å². The highest BCUT2D eigenvalue weighted by atomic mass is 35.5. The molecule has 2 aromatic rings. The van der Waals surface area contributed by atoms with E-state index in [-0.39, 0.29) is 23.8 Å². The number of aliphatic imine (C=N–C) groups is 1. The van der Waals surface area contributed by atoms with Gasteiger partial charge in [-0.3, -0.25) is 10.1 Å². The molecule has 0 spiro atoms. The van der Waals surface area contributed by atoms with Crippen molar-refractivity contribution in [3.8, 4) is 0 Å². The highest BCUT2D eigenvalue weighted by Crippen LogP contribution is 2.39. The van der Waals surface area contributed by atoms with Gasteiger partial charge in [-0.15, -0.1) is 0 Å². The van der Waals surface area contributed by atoms with E-state index in [4.69, 9.17) is 11.6 Å². The number of carbonyl (C=O) groups is 1. The molecule has 22 heavy (non-hydrogen) atoms. The molecule has 0 radical (unpaired) electrons. The lowest BCUT2D eigenvalue weighted by molar-refractivity contribution is -0.135. The van der Waals surface area contributed by atoms with Gasteiger partial charge in [0.25, 0.3) is 0 Å². The SMILES string of the molecule is COC(=O)C1=C(O)CC(c2c(Cl)c(C)cc3[nH]ncc23)N=C1. The average molecular weight is 320 g/mol. The number of hydrogen-bond acceptors (Lipinski definition) is 5. The first-order chi connectivity index (χ1) is 10.5. The molecule has 1 aromatic carbocycles. The number of ether oxygens (including phenoxy) is 1. The van der Waals surface area contributed by atoms with Gasteiger partial charge in [-0.25, -0.2) is 4.79 Å². The fourth-order valence-electron chi connectivity index (χ4n) is 2.60. The fourth-order valence-corrected chi connectivity index (χ4v) is 2.88. The Balaban J connectivity index is 2.06. The largest absolute Gasteiger partial charge is 0.511 e. The van der Waals surface area contributed by atoms with Gasteiger partial charge in [0.15, 0.2) is 0 Å². The molecule has 0 saturated carbocycles. The molecule has 6 nitrogen and oxygen atoms in total. The van der Waals surface area contributed by atoms with Crippen molar-refractivity contribution >= 4 is 34.7 Å². The molecule has 0 aliphatic carbocycles. The van der Waals surface area contributed by atoms with Gasteiger partial charge in [-0.2, -0.15) is 5.10 Å². The monoisotopic (exact) mass is 319 g/mol. The van der Waals surface area contributed by atoms with Crippen molar-refractivity contribution in [3.05, 3.63) is 39.7 Å². The number of aliphatic hydroxyl groups is 1. The molecule has 0 fully saturated rings. The molecule has 1 aromatic heterocycles. The first kappa shape index (κ1) is 14.6. The minimum atomic E-state index is -0.608. The smallest absolute Gasteiger partial charge is 0.342 e. The molecule has 0 amide bonds. The first-order valence-corrected chi connectivity index (χ1v) is 7.06. The summed E-state index contributed by atoms with van der Waals surface area (Å²) >= 11 is 6.43. The number of methoxy groups -OCH3 is 1. The number of fused-ring (bicyclic) bond motifs is 1. The third-order valence-corrected chi connectivity index (χ3v) is 4.22. The van der Waals surface area contributed by atoms with Gasteiger partial charge in [0, 0.05) is 28.6 Å². The van der Waals surface area contributed by atoms with Crippen molar-refractivity contribution in [2.45, 2.75) is 19.4 Å². The molecule has 3 rings (SSSR count). The van der Waals surface area contributed by atoms with E-state index >= 15 is 0 Å². The van der Waals surface area contributed by atoms with E-state index in [2.05, 4.69) is 19.9 Å². The van der Waals surface area contributed by atoms with Gasteiger partial charge in [0.2, 0.25) is 0 Å². The Morgan fingerprint density at radius 3 is 3.00 bits per heavy atom. The van der Waals surface area contributed by atoms with Crippen LogP contribution in [0.3, 0.4) is 0 Å². The summed E-state index contributed by atoms with van der Waals surface area (Å²) in [6.07, 6.45) is 3.20. The number of nitrogens with one attached hydrogen (secondary N) is 1. The van der Waals surface area contributed by atoms with E-state index in [0.717, 1.165) is 22.0 Å². The summed E-state index contributed by atoms with van der Waals surface area (Å²) in [5, 5.41) is 18.5. The molecular weight excluding hydrogens is 306 g/mol. The van der Waals surface area contributed by atoms with Crippen LogP contribution >= 0.6 is 11.6 Å². The Labute approximate surface area is 131 Å². The van der Waals surface area contributed by atoms with E-state index in [1.807, 2.05) is 13.0 Å². The van der Waals surface area contributed by atoms with E-state index in [1.54, 1.807) is 6.20 Å². The number of carbonyl (C=O) groups excluding carboxylic acids is 1. The zero-order valence-corrected chi connectivity index (χ0v) is 12.8. The quantitative estimate of drug-likeness (QED) is 0.833. The molecule has 7 heteroatoms. The number of dihydropyridines is 1. The highest BCUT2D eigenvalue weighted by molar-refractivity contribution is 6.33. The number of H-pyrrole nitrogens is 1. The minimum absolute atomic E-state index is 0.0546. The van der Waals surface area contributed by atoms with Crippen LogP contribution in [0.5, 0.6) is 0 Å². The predicted octanol–water partition coefficient (Wildman–Crippen LogP) is 3.03. The summed E-state index contributed by atoms with van der Waals surface area (Å²) in [5.74, 6) is -0.662. The standard InChI is InChI=1S/C15H14ClN3O3/c1-7-3-10-8(6-18-19-10)13(14(7)16)11-4-12(20)9(5-17-11)15(21)22-2/h3,5-6,11,20H,4H2,1-2H3,(H,18,19). The molecule has 0 bridgehead atoms. The highest BCUT2D eigenvalue weighted by Gasteiger charge is 2.27. The van der Waals surface area contributed by atoms with Gasteiger partial charge < -0.3 is 9.84 Å². The zero-order chi connectivity index (χ0) is 15.9. The molecular formula is C15H14ClN3O3. The third-order valence-electron chi connectivity index (χ3n) is 3.72. The number of nitrogens with zero attached hydrogens (tertiary/aromatic N) is 2. The number of hydrogen-bond donors (Lipinski definition) is 2. The summed E-state index contributed by atoms with van der Waals surface area (Å²) in [5.41, 5.74) is 2.61. The summed E-state index contributed by atoms with van der Waals surface area (Å²) in [4.78, 5) is 15.9. The summed E-state index contributed by atoms with van der Waals surface area (Å²) < 4.78 is 4.61. The molecule has 114 valence electrons. The fraction of sp³-hybridized carbons (Fsp3) is 0.267. The lowest BCUT2D eigenvalue weighted by Crippen LogP contribution is -2.15. The van der Waals surface area contributed by atoms with Crippen LogP contribution in [0.25, 0.3) is 10.9 Å². The van der Waals surface area contributed by atoms with Crippen molar-refractivity contribution in [1.29, 1.82) is 0 Å². The van der Waals surface area contributed by atoms with Crippen molar-refractivity contribution in [3.63, 3.8) is 0 Å². The number of benzene rings is 1. The van der Waals surface area contributed by atoms with Gasteiger partial charge in [0.05, 0.1) is 24.9 Å². The van der Waals surface area contributed by atoms with Crippen LogP contribution in [-0.4, -0.2) is 34.6 Å². The van der Waals surface area contributed by atoms with Crippen molar-refractivity contribution in [2.24, 2.45) is 4.99 Å². The number of aromatic amines is 1. The van der Waals surface area contributed by atoms with Crippen molar-refractivity contribution < 1.29 is 14.6 Å².